The highest BCUT2D eigenvalue weighted by Crippen LogP contribution is 2.04. The molecule has 1 aliphatic rings. The van der Waals surface area contributed by atoms with Gasteiger partial charge in [-0.3, -0.25) is 9.59 Å². The molecule has 0 atom stereocenters. The molecule has 0 aromatic rings. The summed E-state index contributed by atoms with van der Waals surface area (Å²) in [4.78, 5) is 28.4. The van der Waals surface area contributed by atoms with Gasteiger partial charge in [-0.15, -0.1) is 0 Å². The first-order chi connectivity index (χ1) is 7.20. The van der Waals surface area contributed by atoms with E-state index in [-0.39, 0.29) is 6.54 Å². The van der Waals surface area contributed by atoms with Crippen molar-refractivity contribution in [3.63, 3.8) is 0 Å². The highest BCUT2D eigenvalue weighted by Gasteiger charge is 2.30. The number of azide groups is 1. The van der Waals surface area contributed by atoms with Crippen LogP contribution in [0.15, 0.2) is 5.11 Å². The van der Waals surface area contributed by atoms with Gasteiger partial charge in [0.2, 0.25) is 0 Å². The summed E-state index contributed by atoms with van der Waals surface area (Å²) < 4.78 is 0. The molecule has 0 N–H and O–H groups in total. The average molecular weight is 211 g/mol. The second kappa shape index (κ2) is 5.21. The van der Waals surface area contributed by atoms with Crippen LogP contribution >= 0.6 is 0 Å². The lowest BCUT2D eigenvalue weighted by Gasteiger charge is -2.32. The van der Waals surface area contributed by atoms with Crippen LogP contribution in [0.25, 0.3) is 10.4 Å². The van der Waals surface area contributed by atoms with Gasteiger partial charge >= 0.3 is 11.8 Å². The molecule has 15 heavy (non-hydrogen) atoms. The Morgan fingerprint density at radius 2 is 1.93 bits per heavy atom. The fourth-order valence-electron chi connectivity index (χ4n) is 1.44. The normalized spacial score (nSPS) is 16.6. The van der Waals surface area contributed by atoms with Gasteiger partial charge in [0.05, 0.1) is 0 Å². The van der Waals surface area contributed by atoms with E-state index in [1.54, 1.807) is 0 Å². The second-order valence-electron chi connectivity index (χ2n) is 3.13. The van der Waals surface area contributed by atoms with Crippen molar-refractivity contribution in [2.45, 2.75) is 6.92 Å². The molecule has 0 aromatic carbocycles. The molecule has 0 radical (unpaired) electrons. The van der Waals surface area contributed by atoms with Gasteiger partial charge in [-0.25, -0.2) is 0 Å². The monoisotopic (exact) mass is 211 g/mol. The Balaban J connectivity index is 2.52. The zero-order chi connectivity index (χ0) is 11.3. The van der Waals surface area contributed by atoms with Crippen LogP contribution in [0.4, 0.5) is 0 Å². The smallest absolute Gasteiger partial charge is 0.312 e. The summed E-state index contributed by atoms with van der Waals surface area (Å²) in [5.74, 6) is -0.971. The molecule has 2 amide bonds. The van der Waals surface area contributed by atoms with E-state index < -0.39 is 11.8 Å². The van der Waals surface area contributed by atoms with E-state index in [1.165, 1.54) is 9.80 Å². The molecule has 7 heteroatoms. The van der Waals surface area contributed by atoms with Crippen LogP contribution in [-0.4, -0.2) is 54.3 Å². The minimum atomic E-state index is -0.503. The Bertz CT molecular complexity index is 310. The van der Waals surface area contributed by atoms with E-state index >= 15 is 0 Å². The summed E-state index contributed by atoms with van der Waals surface area (Å²) in [6.07, 6.45) is 0. The molecule has 0 saturated carbocycles. The van der Waals surface area contributed by atoms with Crippen molar-refractivity contribution < 1.29 is 9.59 Å². The summed E-state index contributed by atoms with van der Waals surface area (Å²) in [6.45, 7) is 3.97. The lowest BCUT2D eigenvalue weighted by Crippen LogP contribution is -2.54. The molecule has 1 aliphatic heterocycles. The number of rotatable bonds is 4. The molecule has 0 spiro atoms. The number of likely N-dealkylation sites (N-methyl/N-ethyl adjacent to an activating group) is 1. The molecule has 82 valence electrons. The molecule has 0 unspecified atom stereocenters. The maximum absolute atomic E-state index is 11.5. The van der Waals surface area contributed by atoms with Crippen molar-refractivity contribution in [1.82, 2.24) is 9.80 Å². The first-order valence-corrected chi connectivity index (χ1v) is 4.79. The molecule has 1 rings (SSSR count). The van der Waals surface area contributed by atoms with E-state index in [1.807, 2.05) is 6.92 Å². The summed E-state index contributed by atoms with van der Waals surface area (Å²) in [5.41, 5.74) is 8.07. The SMILES string of the molecule is CCN1CCN(CCN=[N+]=[N-])C(=O)C1=O. The van der Waals surface area contributed by atoms with Crippen LogP contribution < -0.4 is 0 Å². The van der Waals surface area contributed by atoms with Crippen molar-refractivity contribution in [2.24, 2.45) is 5.11 Å². The van der Waals surface area contributed by atoms with Crippen LogP contribution in [0.2, 0.25) is 0 Å². The Morgan fingerprint density at radius 1 is 1.33 bits per heavy atom. The molecule has 1 fully saturated rings. The zero-order valence-corrected chi connectivity index (χ0v) is 8.59. The van der Waals surface area contributed by atoms with E-state index in [0.29, 0.717) is 26.2 Å². The number of carbonyl (C=O) groups is 2. The minimum Gasteiger partial charge on any atom is -0.333 e. The van der Waals surface area contributed by atoms with Gasteiger partial charge in [-0.1, -0.05) is 5.11 Å². The fraction of sp³-hybridized carbons (Fsp3) is 0.750. The van der Waals surface area contributed by atoms with E-state index in [4.69, 9.17) is 5.53 Å². The molecule has 0 aliphatic carbocycles. The average Bonchev–Trinajstić information content (AvgIpc) is 2.25. The van der Waals surface area contributed by atoms with E-state index in [0.717, 1.165) is 0 Å². The maximum Gasteiger partial charge on any atom is 0.312 e. The second-order valence-corrected chi connectivity index (χ2v) is 3.13. The van der Waals surface area contributed by atoms with Crippen molar-refractivity contribution in [1.29, 1.82) is 0 Å². The highest BCUT2D eigenvalue weighted by molar-refractivity contribution is 6.35. The number of hydrogen-bond donors (Lipinski definition) is 0. The standard InChI is InChI=1S/C8H13N5O2/c1-2-12-5-6-13(4-3-10-11-9)8(15)7(12)14/h2-6H2,1H3. The minimum absolute atomic E-state index is 0.210. The van der Waals surface area contributed by atoms with Gasteiger partial charge in [0.15, 0.2) is 0 Å². The van der Waals surface area contributed by atoms with Gasteiger partial charge < -0.3 is 9.80 Å². The Labute approximate surface area is 87.3 Å². The Kier molecular flexibility index (Phi) is 3.93. The van der Waals surface area contributed by atoms with Crippen LogP contribution in [0, 0.1) is 0 Å². The molecule has 0 bridgehead atoms. The summed E-state index contributed by atoms with van der Waals surface area (Å²) in [7, 11) is 0. The first-order valence-electron chi connectivity index (χ1n) is 4.79. The van der Waals surface area contributed by atoms with Gasteiger partial charge in [-0.05, 0) is 12.5 Å². The van der Waals surface area contributed by atoms with Crippen molar-refractivity contribution >= 4 is 11.8 Å². The summed E-state index contributed by atoms with van der Waals surface area (Å²) in [6, 6.07) is 0. The van der Waals surface area contributed by atoms with Gasteiger partial charge in [0, 0.05) is 37.6 Å². The van der Waals surface area contributed by atoms with Crippen molar-refractivity contribution in [3.8, 4) is 0 Å². The number of carbonyl (C=O) groups excluding carboxylic acids is 2. The largest absolute Gasteiger partial charge is 0.333 e. The topological polar surface area (TPSA) is 89.4 Å². The number of hydrogen-bond acceptors (Lipinski definition) is 3. The third-order valence-electron chi connectivity index (χ3n) is 2.31. The molecule has 1 saturated heterocycles. The third-order valence-corrected chi connectivity index (χ3v) is 2.31. The lowest BCUT2D eigenvalue weighted by molar-refractivity contribution is -0.155. The Morgan fingerprint density at radius 3 is 2.53 bits per heavy atom. The molecule has 7 nitrogen and oxygen atoms in total. The van der Waals surface area contributed by atoms with Crippen LogP contribution in [0.3, 0.4) is 0 Å². The van der Waals surface area contributed by atoms with Crippen LogP contribution in [0.1, 0.15) is 6.92 Å². The van der Waals surface area contributed by atoms with Crippen LogP contribution in [-0.2, 0) is 9.59 Å². The number of nitrogens with zero attached hydrogens (tertiary/aromatic N) is 5. The molecule has 0 aromatic heterocycles. The third kappa shape index (κ3) is 2.60. The van der Waals surface area contributed by atoms with Gasteiger partial charge in [0.1, 0.15) is 0 Å². The number of piperazine rings is 1. The van der Waals surface area contributed by atoms with Crippen molar-refractivity contribution in [3.05, 3.63) is 10.4 Å². The van der Waals surface area contributed by atoms with E-state index in [9.17, 15) is 9.59 Å². The number of amides is 2. The van der Waals surface area contributed by atoms with Gasteiger partial charge in [0.25, 0.3) is 0 Å². The quantitative estimate of drug-likeness (QED) is 0.283. The maximum atomic E-state index is 11.5. The highest BCUT2D eigenvalue weighted by atomic mass is 16.2. The fourth-order valence-corrected chi connectivity index (χ4v) is 1.44. The molecular weight excluding hydrogens is 198 g/mol. The van der Waals surface area contributed by atoms with E-state index in [2.05, 4.69) is 10.0 Å². The zero-order valence-electron chi connectivity index (χ0n) is 8.59. The summed E-state index contributed by atoms with van der Waals surface area (Å²) >= 11 is 0. The van der Waals surface area contributed by atoms with Gasteiger partial charge in [-0.2, -0.15) is 0 Å². The predicted octanol–water partition coefficient (Wildman–Crippen LogP) is -0.0126. The molecule has 1 heterocycles. The predicted molar refractivity (Wildman–Crippen MR) is 52.8 cm³/mol. The van der Waals surface area contributed by atoms with Crippen molar-refractivity contribution in [2.75, 3.05) is 32.7 Å². The Hall–Kier alpha value is -1.75. The lowest BCUT2D eigenvalue weighted by atomic mass is 10.3. The molecular formula is C8H13N5O2. The van der Waals surface area contributed by atoms with Crippen LogP contribution in [0.5, 0.6) is 0 Å². The summed E-state index contributed by atoms with van der Waals surface area (Å²) in [5, 5.41) is 3.33. The first kappa shape index (κ1) is 11.3.